The molecule has 122 valence electrons. The fourth-order valence-corrected chi connectivity index (χ4v) is 4.68. The molecule has 0 saturated heterocycles. The first-order valence-corrected chi connectivity index (χ1v) is 9.24. The summed E-state index contributed by atoms with van der Waals surface area (Å²) in [5, 5.41) is 0.173. The van der Waals surface area contributed by atoms with Gasteiger partial charge in [-0.2, -0.15) is 4.31 Å². The summed E-state index contributed by atoms with van der Waals surface area (Å²) >= 11 is 5.71. The van der Waals surface area contributed by atoms with E-state index in [0.29, 0.717) is 0 Å². The van der Waals surface area contributed by atoms with Gasteiger partial charge in [-0.25, -0.2) is 12.8 Å². The molecular formula is C17H17ClFNO2S. The highest BCUT2D eigenvalue weighted by Gasteiger charge is 2.33. The second kappa shape index (κ2) is 6.23. The van der Waals surface area contributed by atoms with Crippen LogP contribution in [0.1, 0.15) is 30.0 Å². The number of benzene rings is 2. The molecule has 0 unspecified atom stereocenters. The molecule has 0 aliphatic heterocycles. The Labute approximate surface area is 140 Å². The highest BCUT2D eigenvalue weighted by atomic mass is 35.5. The van der Waals surface area contributed by atoms with Gasteiger partial charge in [-0.3, -0.25) is 0 Å². The molecule has 0 aromatic heterocycles. The Morgan fingerprint density at radius 3 is 2.70 bits per heavy atom. The van der Waals surface area contributed by atoms with Crippen molar-refractivity contribution in [2.24, 2.45) is 0 Å². The summed E-state index contributed by atoms with van der Waals surface area (Å²) < 4.78 is 41.0. The standard InChI is InChI=1S/C17H17ClFNO2S/c1-20(16-8-4-6-12-5-2-3-7-14(12)16)23(21,22)17-10-9-13(18)11-15(17)19/h2-3,5,7,9-11,16H,4,6,8H2,1H3/t16-/m0/s1. The van der Waals surface area contributed by atoms with Crippen molar-refractivity contribution in [1.82, 2.24) is 4.31 Å². The zero-order valence-corrected chi connectivity index (χ0v) is 14.2. The number of sulfonamides is 1. The molecule has 1 atom stereocenters. The normalized spacial score (nSPS) is 18.0. The predicted molar refractivity (Wildman–Crippen MR) is 88.5 cm³/mol. The summed E-state index contributed by atoms with van der Waals surface area (Å²) in [5.74, 6) is -0.826. The lowest BCUT2D eigenvalue weighted by molar-refractivity contribution is 0.336. The zero-order valence-electron chi connectivity index (χ0n) is 12.7. The van der Waals surface area contributed by atoms with Crippen molar-refractivity contribution in [3.8, 4) is 0 Å². The molecule has 0 saturated carbocycles. The van der Waals surface area contributed by atoms with Gasteiger partial charge < -0.3 is 0 Å². The molecule has 1 aliphatic rings. The second-order valence-corrected chi connectivity index (χ2v) is 8.11. The summed E-state index contributed by atoms with van der Waals surface area (Å²) in [6.45, 7) is 0. The van der Waals surface area contributed by atoms with Gasteiger partial charge in [0.05, 0.1) is 0 Å². The van der Waals surface area contributed by atoms with Gasteiger partial charge in [0, 0.05) is 18.1 Å². The Morgan fingerprint density at radius 2 is 1.96 bits per heavy atom. The minimum absolute atomic E-state index is 0.173. The number of hydrogen-bond donors (Lipinski definition) is 0. The number of aryl methyl sites for hydroxylation is 1. The van der Waals surface area contributed by atoms with Crippen LogP contribution >= 0.6 is 11.6 Å². The van der Waals surface area contributed by atoms with Gasteiger partial charge in [0.25, 0.3) is 0 Å². The maximum absolute atomic E-state index is 14.1. The number of nitrogens with zero attached hydrogens (tertiary/aromatic N) is 1. The van der Waals surface area contributed by atoms with E-state index in [1.165, 1.54) is 23.5 Å². The maximum atomic E-state index is 14.1. The Kier molecular flexibility index (Phi) is 4.45. The molecule has 0 fully saturated rings. The summed E-state index contributed by atoms with van der Waals surface area (Å²) in [7, 11) is -2.42. The molecule has 3 nitrogen and oxygen atoms in total. The van der Waals surface area contributed by atoms with E-state index in [2.05, 4.69) is 0 Å². The largest absolute Gasteiger partial charge is 0.246 e. The summed E-state index contributed by atoms with van der Waals surface area (Å²) in [5.41, 5.74) is 2.15. The highest BCUT2D eigenvalue weighted by Crippen LogP contribution is 2.36. The highest BCUT2D eigenvalue weighted by molar-refractivity contribution is 7.89. The van der Waals surface area contributed by atoms with Crippen molar-refractivity contribution in [2.75, 3.05) is 7.05 Å². The van der Waals surface area contributed by atoms with Crippen LogP contribution in [0, 0.1) is 5.82 Å². The molecule has 1 aliphatic carbocycles. The topological polar surface area (TPSA) is 37.4 Å². The Bertz CT molecular complexity index is 838. The summed E-state index contributed by atoms with van der Waals surface area (Å²) in [6.07, 6.45) is 2.57. The summed E-state index contributed by atoms with van der Waals surface area (Å²) in [4.78, 5) is -0.340. The minimum atomic E-state index is -3.93. The number of halogens is 2. The molecule has 23 heavy (non-hydrogen) atoms. The Hall–Kier alpha value is -1.43. The lowest BCUT2D eigenvalue weighted by atomic mass is 9.88. The first-order chi connectivity index (χ1) is 10.9. The van der Waals surface area contributed by atoms with Crippen LogP contribution < -0.4 is 0 Å². The lowest BCUT2D eigenvalue weighted by Crippen LogP contribution is -2.33. The van der Waals surface area contributed by atoms with Gasteiger partial charge in [0.1, 0.15) is 10.7 Å². The van der Waals surface area contributed by atoms with E-state index in [4.69, 9.17) is 11.6 Å². The SMILES string of the molecule is CN([C@H]1CCCc2ccccc21)S(=O)(=O)c1ccc(Cl)cc1F. The van der Waals surface area contributed by atoms with Crippen molar-refractivity contribution in [3.05, 3.63) is 64.4 Å². The molecule has 2 aromatic carbocycles. The van der Waals surface area contributed by atoms with Crippen LogP contribution in [0.3, 0.4) is 0 Å². The van der Waals surface area contributed by atoms with Crippen molar-refractivity contribution >= 4 is 21.6 Å². The van der Waals surface area contributed by atoms with Gasteiger partial charge in [0.15, 0.2) is 0 Å². The van der Waals surface area contributed by atoms with Crippen LogP contribution in [-0.4, -0.2) is 19.8 Å². The maximum Gasteiger partial charge on any atom is 0.246 e. The predicted octanol–water partition coefficient (Wildman–Crippen LogP) is 4.18. The quantitative estimate of drug-likeness (QED) is 0.830. The van der Waals surface area contributed by atoms with Crippen molar-refractivity contribution in [1.29, 1.82) is 0 Å². The first-order valence-electron chi connectivity index (χ1n) is 7.42. The van der Waals surface area contributed by atoms with Crippen LogP contribution in [0.2, 0.25) is 5.02 Å². The first kappa shape index (κ1) is 16.4. The smallest absolute Gasteiger partial charge is 0.207 e. The third-order valence-electron chi connectivity index (χ3n) is 4.33. The van der Waals surface area contributed by atoms with Crippen molar-refractivity contribution < 1.29 is 12.8 Å². The van der Waals surface area contributed by atoms with Gasteiger partial charge in [-0.15, -0.1) is 0 Å². The molecule has 2 aromatic rings. The van der Waals surface area contributed by atoms with Crippen LogP contribution in [0.5, 0.6) is 0 Å². The number of hydrogen-bond acceptors (Lipinski definition) is 2. The van der Waals surface area contributed by atoms with Gasteiger partial charge in [-0.1, -0.05) is 35.9 Å². The third kappa shape index (κ3) is 3.01. The average Bonchev–Trinajstić information content (AvgIpc) is 2.53. The van der Waals surface area contributed by atoms with Crippen LogP contribution in [-0.2, 0) is 16.4 Å². The Balaban J connectivity index is 2.01. The third-order valence-corrected chi connectivity index (χ3v) is 6.46. The van der Waals surface area contributed by atoms with Gasteiger partial charge in [0.2, 0.25) is 10.0 Å². The molecule has 0 heterocycles. The fraction of sp³-hybridized carbons (Fsp3) is 0.294. The molecule has 0 N–H and O–H groups in total. The van der Waals surface area contributed by atoms with E-state index in [1.54, 1.807) is 0 Å². The van der Waals surface area contributed by atoms with E-state index in [1.807, 2.05) is 24.3 Å². The van der Waals surface area contributed by atoms with E-state index in [0.717, 1.165) is 36.5 Å². The molecule has 0 amide bonds. The fourth-order valence-electron chi connectivity index (χ4n) is 3.11. The minimum Gasteiger partial charge on any atom is -0.207 e. The Morgan fingerprint density at radius 1 is 1.22 bits per heavy atom. The summed E-state index contributed by atoms with van der Waals surface area (Å²) in [6, 6.07) is 11.2. The molecule has 0 spiro atoms. The number of fused-ring (bicyclic) bond motifs is 1. The van der Waals surface area contributed by atoms with E-state index in [9.17, 15) is 12.8 Å². The molecule has 3 rings (SSSR count). The molecule has 0 bridgehead atoms. The molecule has 6 heteroatoms. The molecule has 0 radical (unpaired) electrons. The van der Waals surface area contributed by atoms with Gasteiger partial charge in [-0.05, 0) is 48.6 Å². The molecular weight excluding hydrogens is 337 g/mol. The van der Waals surface area contributed by atoms with E-state index in [-0.39, 0.29) is 16.0 Å². The van der Waals surface area contributed by atoms with Gasteiger partial charge >= 0.3 is 0 Å². The van der Waals surface area contributed by atoms with E-state index >= 15 is 0 Å². The lowest BCUT2D eigenvalue weighted by Gasteiger charge is -2.32. The monoisotopic (exact) mass is 353 g/mol. The average molecular weight is 354 g/mol. The van der Waals surface area contributed by atoms with Crippen LogP contribution in [0.15, 0.2) is 47.4 Å². The van der Waals surface area contributed by atoms with Crippen LogP contribution in [0.4, 0.5) is 4.39 Å². The van der Waals surface area contributed by atoms with E-state index < -0.39 is 15.8 Å². The van der Waals surface area contributed by atoms with Crippen LogP contribution in [0.25, 0.3) is 0 Å². The zero-order chi connectivity index (χ0) is 16.6. The van der Waals surface area contributed by atoms with Crippen molar-refractivity contribution in [3.63, 3.8) is 0 Å². The van der Waals surface area contributed by atoms with Crippen molar-refractivity contribution in [2.45, 2.75) is 30.2 Å². The second-order valence-electron chi connectivity index (χ2n) is 5.70. The number of rotatable bonds is 3.